The van der Waals surface area contributed by atoms with Gasteiger partial charge in [0.1, 0.15) is 0 Å². The van der Waals surface area contributed by atoms with Gasteiger partial charge in [-0.05, 0) is 56.7 Å². The number of rotatable bonds is 3. The molecule has 3 aromatic rings. The van der Waals surface area contributed by atoms with E-state index in [1.54, 1.807) is 0 Å². The van der Waals surface area contributed by atoms with E-state index in [0.717, 1.165) is 46.4 Å². The van der Waals surface area contributed by atoms with Crippen molar-refractivity contribution in [2.45, 2.75) is 20.8 Å². The predicted octanol–water partition coefficient (Wildman–Crippen LogP) is 3.52. The summed E-state index contributed by atoms with van der Waals surface area (Å²) in [5.41, 5.74) is 12.5. The number of nitrogen functional groups attached to an aromatic ring is 1. The summed E-state index contributed by atoms with van der Waals surface area (Å²) < 4.78 is 0. The quantitative estimate of drug-likeness (QED) is 0.589. The molecule has 1 heterocycles. The molecule has 4 heteroatoms. The zero-order chi connectivity index (χ0) is 15.0. The fourth-order valence-corrected chi connectivity index (χ4v) is 2.62. The monoisotopic (exact) mass is 280 g/mol. The van der Waals surface area contributed by atoms with Crippen LogP contribution in [0.25, 0.3) is 22.1 Å². The summed E-state index contributed by atoms with van der Waals surface area (Å²) in [5, 5.41) is 0. The van der Waals surface area contributed by atoms with Crippen molar-refractivity contribution in [3.63, 3.8) is 0 Å². The second kappa shape index (κ2) is 5.20. The lowest BCUT2D eigenvalue weighted by molar-refractivity contribution is 0.867. The Balaban J connectivity index is 2.21. The van der Waals surface area contributed by atoms with Crippen molar-refractivity contribution >= 4 is 33.4 Å². The number of aromatic nitrogens is 2. The van der Waals surface area contributed by atoms with Crippen LogP contribution in [0.4, 0.5) is 11.4 Å². The third-order valence-electron chi connectivity index (χ3n) is 3.93. The Morgan fingerprint density at radius 1 is 0.905 bits per heavy atom. The van der Waals surface area contributed by atoms with Crippen LogP contribution in [0.3, 0.4) is 0 Å². The number of fused-ring (bicyclic) bond motifs is 2. The van der Waals surface area contributed by atoms with Crippen molar-refractivity contribution in [2.24, 2.45) is 0 Å². The van der Waals surface area contributed by atoms with Gasteiger partial charge in [-0.3, -0.25) is 0 Å². The highest BCUT2D eigenvalue weighted by molar-refractivity contribution is 5.89. The first-order valence-electron chi connectivity index (χ1n) is 7.35. The molecule has 0 amide bonds. The van der Waals surface area contributed by atoms with Crippen molar-refractivity contribution in [2.75, 3.05) is 23.7 Å². The van der Waals surface area contributed by atoms with Gasteiger partial charge in [0.05, 0.1) is 22.1 Å². The predicted molar refractivity (Wildman–Crippen MR) is 89.8 cm³/mol. The van der Waals surface area contributed by atoms with E-state index >= 15 is 0 Å². The Hall–Kier alpha value is -2.36. The fourth-order valence-electron chi connectivity index (χ4n) is 2.62. The van der Waals surface area contributed by atoms with Crippen LogP contribution in [0.15, 0.2) is 30.3 Å². The number of aryl methyl sites for hydroxylation is 1. The van der Waals surface area contributed by atoms with E-state index in [4.69, 9.17) is 15.7 Å². The second-order valence-corrected chi connectivity index (χ2v) is 5.27. The van der Waals surface area contributed by atoms with Gasteiger partial charge in [0, 0.05) is 24.5 Å². The number of hydrogen-bond acceptors (Lipinski definition) is 4. The van der Waals surface area contributed by atoms with Gasteiger partial charge in [0.25, 0.3) is 0 Å². The van der Waals surface area contributed by atoms with E-state index in [1.165, 1.54) is 5.69 Å². The number of anilines is 2. The van der Waals surface area contributed by atoms with Gasteiger partial charge >= 0.3 is 0 Å². The van der Waals surface area contributed by atoms with E-state index in [2.05, 4.69) is 30.9 Å². The largest absolute Gasteiger partial charge is 0.398 e. The number of nitrogens with zero attached hydrogens (tertiary/aromatic N) is 3. The van der Waals surface area contributed by atoms with Crippen LogP contribution in [0, 0.1) is 6.92 Å². The van der Waals surface area contributed by atoms with Crippen molar-refractivity contribution in [1.82, 2.24) is 9.97 Å². The molecule has 3 rings (SSSR count). The molecular weight excluding hydrogens is 260 g/mol. The molecule has 0 aliphatic heterocycles. The molecule has 2 N–H and O–H groups in total. The highest BCUT2D eigenvalue weighted by Gasteiger charge is 2.07. The lowest BCUT2D eigenvalue weighted by atomic mass is 10.1. The van der Waals surface area contributed by atoms with Crippen LogP contribution in [-0.4, -0.2) is 23.1 Å². The molecule has 0 atom stereocenters. The summed E-state index contributed by atoms with van der Waals surface area (Å²) >= 11 is 0. The number of nitrogens with two attached hydrogens (primary N) is 1. The van der Waals surface area contributed by atoms with E-state index in [0.29, 0.717) is 0 Å². The fraction of sp³-hybridized carbons (Fsp3) is 0.294. The summed E-state index contributed by atoms with van der Waals surface area (Å²) in [4.78, 5) is 11.7. The maximum Gasteiger partial charge on any atom is 0.0915 e. The first kappa shape index (κ1) is 13.6. The lowest BCUT2D eigenvalue weighted by Crippen LogP contribution is -2.21. The standard InChI is InChI=1S/C17H20N4/c1-4-21(5-2)12-6-7-14-16(9-12)20-17-10-13(18)11(3)8-15(17)19-14/h6-10H,4-5,18H2,1-3H3. The van der Waals surface area contributed by atoms with Crippen LogP contribution in [0.5, 0.6) is 0 Å². The zero-order valence-electron chi connectivity index (χ0n) is 12.7. The molecule has 0 saturated heterocycles. The Morgan fingerprint density at radius 2 is 1.52 bits per heavy atom. The van der Waals surface area contributed by atoms with E-state index in [1.807, 2.05) is 25.1 Å². The molecule has 0 saturated carbocycles. The molecule has 0 fully saturated rings. The van der Waals surface area contributed by atoms with Gasteiger partial charge in [-0.25, -0.2) is 9.97 Å². The van der Waals surface area contributed by atoms with Gasteiger partial charge in [-0.15, -0.1) is 0 Å². The minimum Gasteiger partial charge on any atom is -0.398 e. The average Bonchev–Trinajstić information content (AvgIpc) is 2.48. The summed E-state index contributed by atoms with van der Waals surface area (Å²) in [6, 6.07) is 10.2. The minimum absolute atomic E-state index is 0.760. The Labute approximate surface area is 124 Å². The molecule has 0 radical (unpaired) electrons. The molecule has 0 aliphatic carbocycles. The molecule has 0 bridgehead atoms. The molecule has 21 heavy (non-hydrogen) atoms. The molecular formula is C17H20N4. The van der Waals surface area contributed by atoms with E-state index in [9.17, 15) is 0 Å². The van der Waals surface area contributed by atoms with Crippen LogP contribution >= 0.6 is 0 Å². The normalized spacial score (nSPS) is 11.2. The molecule has 0 aliphatic rings. The Kier molecular flexibility index (Phi) is 3.37. The van der Waals surface area contributed by atoms with Crippen LogP contribution in [0.1, 0.15) is 19.4 Å². The van der Waals surface area contributed by atoms with Crippen molar-refractivity contribution < 1.29 is 0 Å². The van der Waals surface area contributed by atoms with Gasteiger partial charge < -0.3 is 10.6 Å². The van der Waals surface area contributed by atoms with Crippen LogP contribution in [-0.2, 0) is 0 Å². The molecule has 4 nitrogen and oxygen atoms in total. The molecule has 108 valence electrons. The van der Waals surface area contributed by atoms with Gasteiger partial charge in [-0.2, -0.15) is 0 Å². The second-order valence-electron chi connectivity index (χ2n) is 5.27. The number of hydrogen-bond donors (Lipinski definition) is 1. The summed E-state index contributed by atoms with van der Waals surface area (Å²) in [6.45, 7) is 8.26. The maximum atomic E-state index is 5.98. The van der Waals surface area contributed by atoms with Gasteiger partial charge in [-0.1, -0.05) is 0 Å². The lowest BCUT2D eigenvalue weighted by Gasteiger charge is -2.21. The topological polar surface area (TPSA) is 55.0 Å². The first-order chi connectivity index (χ1) is 10.1. The molecule has 0 spiro atoms. The van der Waals surface area contributed by atoms with Gasteiger partial charge in [0.15, 0.2) is 0 Å². The highest BCUT2D eigenvalue weighted by atomic mass is 15.1. The van der Waals surface area contributed by atoms with Crippen LogP contribution < -0.4 is 10.6 Å². The van der Waals surface area contributed by atoms with Gasteiger partial charge in [0.2, 0.25) is 0 Å². The first-order valence-corrected chi connectivity index (χ1v) is 7.35. The average molecular weight is 280 g/mol. The minimum atomic E-state index is 0.760. The van der Waals surface area contributed by atoms with E-state index in [-0.39, 0.29) is 0 Å². The Bertz CT molecular complexity index is 807. The molecule has 2 aromatic carbocycles. The van der Waals surface area contributed by atoms with Crippen LogP contribution in [0.2, 0.25) is 0 Å². The van der Waals surface area contributed by atoms with Crippen molar-refractivity contribution in [1.29, 1.82) is 0 Å². The van der Waals surface area contributed by atoms with E-state index < -0.39 is 0 Å². The van der Waals surface area contributed by atoms with Crippen molar-refractivity contribution in [3.05, 3.63) is 35.9 Å². The maximum absolute atomic E-state index is 5.98. The molecule has 1 aromatic heterocycles. The zero-order valence-corrected chi connectivity index (χ0v) is 12.7. The Morgan fingerprint density at radius 3 is 2.24 bits per heavy atom. The highest BCUT2D eigenvalue weighted by Crippen LogP contribution is 2.24. The number of benzene rings is 2. The summed E-state index contributed by atoms with van der Waals surface area (Å²) in [6.07, 6.45) is 0. The smallest absolute Gasteiger partial charge is 0.0915 e. The molecule has 0 unspecified atom stereocenters. The SMILES string of the molecule is CCN(CC)c1ccc2nc3cc(C)c(N)cc3nc2c1. The summed E-state index contributed by atoms with van der Waals surface area (Å²) in [7, 11) is 0. The third kappa shape index (κ3) is 2.37. The van der Waals surface area contributed by atoms with Crippen molar-refractivity contribution in [3.8, 4) is 0 Å². The third-order valence-corrected chi connectivity index (χ3v) is 3.93. The summed E-state index contributed by atoms with van der Waals surface area (Å²) in [5.74, 6) is 0.